The molecule has 4 nitrogen and oxygen atoms in total. The van der Waals surface area contributed by atoms with Crippen LogP contribution in [0.15, 0.2) is 66.9 Å². The minimum atomic E-state index is -0.151. The van der Waals surface area contributed by atoms with E-state index in [1.807, 2.05) is 48.5 Å². The van der Waals surface area contributed by atoms with Crippen molar-refractivity contribution in [2.24, 2.45) is 5.92 Å². The first kappa shape index (κ1) is 15.6. The highest BCUT2D eigenvalue weighted by molar-refractivity contribution is 6.10. The molecule has 1 unspecified atom stereocenters. The number of aromatic amines is 1. The number of allylic oxidation sites excluding steroid dienone is 2. The molecule has 1 aromatic heterocycles. The van der Waals surface area contributed by atoms with E-state index in [9.17, 15) is 9.59 Å². The maximum atomic E-state index is 13.3. The third-order valence-corrected chi connectivity index (χ3v) is 6.55. The summed E-state index contributed by atoms with van der Waals surface area (Å²) in [7, 11) is 0. The highest BCUT2D eigenvalue weighted by atomic mass is 16.2. The van der Waals surface area contributed by atoms with Gasteiger partial charge in [-0.3, -0.25) is 9.59 Å². The highest BCUT2D eigenvalue weighted by Gasteiger charge is 2.67. The molecule has 4 heteroatoms. The summed E-state index contributed by atoms with van der Waals surface area (Å²) in [6.45, 7) is 4.47. The second-order valence-corrected chi connectivity index (χ2v) is 7.96. The molecular formula is C24H18N2O2. The lowest BCUT2D eigenvalue weighted by molar-refractivity contribution is 0.0806. The van der Waals surface area contributed by atoms with Crippen molar-refractivity contribution in [1.29, 1.82) is 0 Å². The molecule has 136 valence electrons. The number of aromatic nitrogens is 1. The first-order valence-electron chi connectivity index (χ1n) is 9.55. The van der Waals surface area contributed by atoms with Crippen LogP contribution in [0.1, 0.15) is 38.4 Å². The van der Waals surface area contributed by atoms with Crippen LogP contribution in [0.4, 0.5) is 0 Å². The van der Waals surface area contributed by atoms with Gasteiger partial charge in [0.1, 0.15) is 5.69 Å². The normalized spacial score (nSPS) is 24.4. The molecule has 0 radical (unpaired) electrons. The van der Waals surface area contributed by atoms with E-state index in [1.54, 1.807) is 17.1 Å². The third kappa shape index (κ3) is 1.84. The van der Waals surface area contributed by atoms with Crippen LogP contribution in [0, 0.1) is 5.92 Å². The number of likely N-dealkylation sites (tertiary alicyclic amines) is 1. The summed E-state index contributed by atoms with van der Waals surface area (Å²) in [6, 6.07) is 15.7. The van der Waals surface area contributed by atoms with Crippen LogP contribution in [-0.2, 0) is 5.41 Å². The molecule has 2 heterocycles. The second-order valence-electron chi connectivity index (χ2n) is 7.96. The Labute approximate surface area is 162 Å². The van der Waals surface area contributed by atoms with Crippen LogP contribution in [0.2, 0.25) is 0 Å². The number of nitrogens with zero attached hydrogens (tertiary/aromatic N) is 1. The fourth-order valence-corrected chi connectivity index (χ4v) is 5.12. The molecule has 1 spiro atoms. The third-order valence-electron chi connectivity index (χ3n) is 6.55. The molecule has 2 aromatic carbocycles. The van der Waals surface area contributed by atoms with E-state index in [0.29, 0.717) is 18.2 Å². The van der Waals surface area contributed by atoms with Gasteiger partial charge in [0.05, 0.1) is 0 Å². The Balaban J connectivity index is 1.42. The van der Waals surface area contributed by atoms with Crippen LogP contribution in [0.3, 0.4) is 0 Å². The zero-order chi connectivity index (χ0) is 19.0. The fraction of sp³-hybridized carbons (Fsp3) is 0.167. The number of carbonyl (C=O) groups is 2. The van der Waals surface area contributed by atoms with Gasteiger partial charge in [0.2, 0.25) is 0 Å². The van der Waals surface area contributed by atoms with E-state index in [0.717, 1.165) is 39.7 Å². The number of piperidine rings is 1. The van der Waals surface area contributed by atoms with Crippen molar-refractivity contribution in [3.05, 3.63) is 89.3 Å². The summed E-state index contributed by atoms with van der Waals surface area (Å²) in [4.78, 5) is 31.0. The van der Waals surface area contributed by atoms with Gasteiger partial charge in [-0.05, 0) is 41.7 Å². The molecule has 2 fully saturated rings. The van der Waals surface area contributed by atoms with Crippen LogP contribution in [-0.4, -0.2) is 28.1 Å². The number of amides is 1. The number of nitrogens with one attached hydrogen (secondary N) is 1. The van der Waals surface area contributed by atoms with Gasteiger partial charge in [-0.1, -0.05) is 43.0 Å². The van der Waals surface area contributed by atoms with Crippen molar-refractivity contribution in [2.45, 2.75) is 11.8 Å². The number of hydrogen-bond donors (Lipinski definition) is 1. The highest BCUT2D eigenvalue weighted by Crippen LogP contribution is 2.66. The van der Waals surface area contributed by atoms with Crippen molar-refractivity contribution in [3.63, 3.8) is 0 Å². The Bertz CT molecular complexity index is 1250. The summed E-state index contributed by atoms with van der Waals surface area (Å²) in [5.41, 5.74) is 5.09. The van der Waals surface area contributed by atoms with E-state index in [-0.39, 0.29) is 17.1 Å². The number of benzene rings is 2. The quantitative estimate of drug-likeness (QED) is 0.735. The van der Waals surface area contributed by atoms with Crippen LogP contribution in [0.5, 0.6) is 0 Å². The lowest BCUT2D eigenvalue weighted by Gasteiger charge is -2.29. The zero-order valence-corrected chi connectivity index (χ0v) is 15.2. The van der Waals surface area contributed by atoms with Crippen molar-refractivity contribution in [2.75, 3.05) is 6.54 Å². The molecule has 1 amide bonds. The number of hydrogen-bond acceptors (Lipinski definition) is 2. The summed E-state index contributed by atoms with van der Waals surface area (Å²) in [5.74, 6) is 0.323. The molecule has 3 aliphatic rings. The molecule has 1 aliphatic heterocycles. The molecule has 3 aromatic rings. The molecule has 0 bridgehead atoms. The van der Waals surface area contributed by atoms with Crippen molar-refractivity contribution in [1.82, 2.24) is 9.88 Å². The molecular weight excluding hydrogens is 348 g/mol. The predicted octanol–water partition coefficient (Wildman–Crippen LogP) is 4.30. The topological polar surface area (TPSA) is 53.2 Å². The largest absolute Gasteiger partial charge is 0.351 e. The zero-order valence-electron chi connectivity index (χ0n) is 15.2. The molecule has 1 N–H and O–H groups in total. The number of carbonyl (C=O) groups excluding carboxylic acids is 2. The number of H-pyrrole nitrogens is 1. The minimum Gasteiger partial charge on any atom is -0.351 e. The molecule has 6 rings (SSSR count). The fourth-order valence-electron chi connectivity index (χ4n) is 5.12. The molecule has 1 saturated carbocycles. The summed E-state index contributed by atoms with van der Waals surface area (Å²) < 4.78 is 0. The summed E-state index contributed by atoms with van der Waals surface area (Å²) >= 11 is 0. The van der Waals surface area contributed by atoms with E-state index in [1.165, 1.54) is 0 Å². The lowest BCUT2D eigenvalue weighted by atomic mass is 9.81. The maximum absolute atomic E-state index is 13.3. The van der Waals surface area contributed by atoms with E-state index in [4.69, 9.17) is 0 Å². The van der Waals surface area contributed by atoms with Gasteiger partial charge in [0.15, 0.2) is 5.78 Å². The lowest BCUT2D eigenvalue weighted by Crippen LogP contribution is -2.33. The SMILES string of the molecule is C=Cc1ccc2[nH]c(C(=O)N3C[C@H]4CC45C3=CC(=O)c3ccccc35)cc2c1. The Kier molecular flexibility index (Phi) is 2.85. The van der Waals surface area contributed by atoms with Crippen molar-refractivity contribution >= 4 is 28.7 Å². The van der Waals surface area contributed by atoms with Gasteiger partial charge in [0.25, 0.3) is 5.91 Å². The number of ketones is 1. The van der Waals surface area contributed by atoms with Gasteiger partial charge in [-0.25, -0.2) is 0 Å². The number of fused-ring (bicyclic) bond motifs is 2. The Morgan fingerprint density at radius 3 is 2.93 bits per heavy atom. The van der Waals surface area contributed by atoms with Crippen molar-refractivity contribution < 1.29 is 9.59 Å². The van der Waals surface area contributed by atoms with Gasteiger partial charge >= 0.3 is 0 Å². The van der Waals surface area contributed by atoms with Crippen LogP contribution in [0.25, 0.3) is 17.0 Å². The molecule has 2 atom stereocenters. The summed E-state index contributed by atoms with van der Waals surface area (Å²) in [5, 5.41) is 0.985. The Hall–Kier alpha value is -3.40. The van der Waals surface area contributed by atoms with Gasteiger partial charge in [-0.15, -0.1) is 0 Å². The standard InChI is InChI=1S/C24H18N2O2/c1-2-14-7-8-19-15(9-14)10-20(25-19)23(28)26-13-16-12-24(16)18-6-4-3-5-17(18)21(27)11-22(24)26/h2-11,16,25H,1,12-13H2/t16-,24?/m1/s1. The molecule has 2 aliphatic carbocycles. The molecule has 1 saturated heterocycles. The maximum Gasteiger partial charge on any atom is 0.274 e. The van der Waals surface area contributed by atoms with Gasteiger partial charge in [-0.2, -0.15) is 0 Å². The van der Waals surface area contributed by atoms with Crippen LogP contribution < -0.4 is 0 Å². The Morgan fingerprint density at radius 2 is 2.07 bits per heavy atom. The molecule has 28 heavy (non-hydrogen) atoms. The van der Waals surface area contributed by atoms with E-state index >= 15 is 0 Å². The van der Waals surface area contributed by atoms with E-state index in [2.05, 4.69) is 11.6 Å². The smallest absolute Gasteiger partial charge is 0.274 e. The van der Waals surface area contributed by atoms with Crippen molar-refractivity contribution in [3.8, 4) is 0 Å². The Morgan fingerprint density at radius 1 is 1.21 bits per heavy atom. The number of rotatable bonds is 2. The predicted molar refractivity (Wildman–Crippen MR) is 108 cm³/mol. The monoisotopic (exact) mass is 366 g/mol. The summed E-state index contributed by atoms with van der Waals surface area (Å²) in [6.07, 6.45) is 4.50. The van der Waals surface area contributed by atoms with E-state index < -0.39 is 0 Å². The van der Waals surface area contributed by atoms with Gasteiger partial charge in [0, 0.05) is 40.2 Å². The first-order chi connectivity index (χ1) is 13.6. The first-order valence-corrected chi connectivity index (χ1v) is 9.55. The van der Waals surface area contributed by atoms with Gasteiger partial charge < -0.3 is 9.88 Å². The second kappa shape index (κ2) is 5.10. The minimum absolute atomic E-state index is 0.00570. The average Bonchev–Trinajstić information content (AvgIpc) is 3.12. The average molecular weight is 366 g/mol. The van der Waals surface area contributed by atoms with Crippen LogP contribution >= 0.6 is 0 Å².